The molecule has 0 bridgehead atoms. The molecule has 4 heterocycles. The first-order chi connectivity index (χ1) is 16.6. The summed E-state index contributed by atoms with van der Waals surface area (Å²) in [5.74, 6) is 0.0943. The van der Waals surface area contributed by atoms with Crippen molar-refractivity contribution in [2.45, 2.75) is 38.5 Å². The van der Waals surface area contributed by atoms with Crippen LogP contribution in [-0.4, -0.2) is 70.7 Å². The third-order valence-corrected chi connectivity index (χ3v) is 6.47. The molecule has 4 N–H and O–H groups in total. The lowest BCUT2D eigenvalue weighted by molar-refractivity contribution is -0.0212. The van der Waals surface area contributed by atoms with Crippen LogP contribution in [0.1, 0.15) is 35.7 Å². The Hall–Kier alpha value is -3.14. The van der Waals surface area contributed by atoms with Gasteiger partial charge in [0.1, 0.15) is 17.4 Å². The maximum Gasteiger partial charge on any atom is 0.251 e. The first kappa shape index (κ1) is 22.6. The number of piperidine rings is 1. The first-order valence-electron chi connectivity index (χ1n) is 11.9. The molecule has 178 valence electrons. The van der Waals surface area contributed by atoms with Crippen molar-refractivity contribution in [1.82, 2.24) is 25.2 Å². The van der Waals surface area contributed by atoms with Gasteiger partial charge in [0, 0.05) is 37.8 Å². The lowest BCUT2D eigenvalue weighted by atomic mass is 10.0. The number of nitrogens with one attached hydrogen (secondary N) is 2. The predicted octanol–water partition coefficient (Wildman–Crippen LogP) is 2.18. The highest BCUT2D eigenvalue weighted by Gasteiger charge is 2.20. The molecule has 5 rings (SSSR count). The van der Waals surface area contributed by atoms with E-state index in [0.29, 0.717) is 28.1 Å². The lowest BCUT2D eigenvalue weighted by Crippen LogP contribution is -2.40. The Balaban J connectivity index is 1.45. The summed E-state index contributed by atoms with van der Waals surface area (Å²) in [6.45, 7) is 7.51. The topological polar surface area (TPSA) is 118 Å². The summed E-state index contributed by atoms with van der Waals surface area (Å²) < 4.78 is 5.64. The van der Waals surface area contributed by atoms with Crippen LogP contribution in [0.2, 0.25) is 0 Å². The quantitative estimate of drug-likeness (QED) is 0.511. The molecule has 2 atom stereocenters. The summed E-state index contributed by atoms with van der Waals surface area (Å²) >= 11 is 0. The summed E-state index contributed by atoms with van der Waals surface area (Å²) in [6, 6.07) is 10.3. The predicted molar refractivity (Wildman–Crippen MR) is 131 cm³/mol. The van der Waals surface area contributed by atoms with Crippen molar-refractivity contribution in [3.63, 3.8) is 0 Å². The van der Waals surface area contributed by atoms with Crippen LogP contribution in [0.5, 0.6) is 0 Å². The number of morpholine rings is 1. The number of primary amides is 1. The van der Waals surface area contributed by atoms with Crippen LogP contribution in [0, 0.1) is 0 Å². The van der Waals surface area contributed by atoms with Crippen LogP contribution in [0.15, 0.2) is 36.7 Å². The highest BCUT2D eigenvalue weighted by Crippen LogP contribution is 2.28. The number of fused-ring (bicyclic) bond motifs is 1. The standard InChI is InChI=1S/C25H31N7O2/c1-16-13-32(9-10-34-16)14-17-4-6-18(7-5-17)21-11-20(24(26)33)22-23(31-21)25(29-15-28-22)30-19-3-2-8-27-12-19/h4-7,11,15-16,19,27H,2-3,8-10,12-14H2,1H3,(H2,26,33)(H,28,29,30)/t16-,19-/m0/s1. The minimum atomic E-state index is -0.532. The second kappa shape index (κ2) is 10.0. The van der Waals surface area contributed by atoms with Gasteiger partial charge in [-0.1, -0.05) is 24.3 Å². The number of carbonyl (C=O) groups excluding carboxylic acids is 1. The number of aromatic nitrogens is 3. The molecule has 0 unspecified atom stereocenters. The molecule has 3 aromatic rings. The van der Waals surface area contributed by atoms with Gasteiger partial charge < -0.3 is 21.1 Å². The number of amides is 1. The van der Waals surface area contributed by atoms with Crippen LogP contribution in [0.3, 0.4) is 0 Å². The smallest absolute Gasteiger partial charge is 0.251 e. The van der Waals surface area contributed by atoms with Gasteiger partial charge in [-0.3, -0.25) is 9.69 Å². The van der Waals surface area contributed by atoms with Gasteiger partial charge in [-0.05, 0) is 37.9 Å². The second-order valence-corrected chi connectivity index (χ2v) is 9.14. The van der Waals surface area contributed by atoms with E-state index in [1.165, 1.54) is 11.9 Å². The van der Waals surface area contributed by atoms with Gasteiger partial charge in [0.05, 0.1) is 24.0 Å². The fraction of sp³-hybridized carbons (Fsp3) is 0.440. The van der Waals surface area contributed by atoms with Crippen molar-refractivity contribution in [2.75, 3.05) is 38.1 Å². The number of nitrogens with zero attached hydrogens (tertiary/aromatic N) is 4. The SMILES string of the molecule is C[C@H]1CN(Cc2ccc(-c3cc(C(N)=O)c4ncnc(N[C@H]5CCCNC5)c4n3)cc2)CCO1. The zero-order valence-corrected chi connectivity index (χ0v) is 19.5. The first-order valence-corrected chi connectivity index (χ1v) is 11.9. The van der Waals surface area contributed by atoms with Gasteiger partial charge >= 0.3 is 0 Å². The van der Waals surface area contributed by atoms with Crippen molar-refractivity contribution in [1.29, 1.82) is 0 Å². The van der Waals surface area contributed by atoms with Crippen LogP contribution in [0.25, 0.3) is 22.3 Å². The van der Waals surface area contributed by atoms with Crippen molar-refractivity contribution in [2.24, 2.45) is 5.73 Å². The number of hydrogen-bond donors (Lipinski definition) is 3. The highest BCUT2D eigenvalue weighted by atomic mass is 16.5. The number of hydrogen-bond acceptors (Lipinski definition) is 8. The Kier molecular flexibility index (Phi) is 6.66. The van der Waals surface area contributed by atoms with E-state index in [1.807, 2.05) is 12.1 Å². The normalized spacial score (nSPS) is 21.4. The summed E-state index contributed by atoms with van der Waals surface area (Å²) in [7, 11) is 0. The van der Waals surface area contributed by atoms with Gasteiger partial charge in [-0.25, -0.2) is 15.0 Å². The summed E-state index contributed by atoms with van der Waals surface area (Å²) in [5, 5.41) is 6.88. The molecule has 34 heavy (non-hydrogen) atoms. The minimum Gasteiger partial charge on any atom is -0.376 e. The molecule has 2 saturated heterocycles. The molecule has 0 saturated carbocycles. The van der Waals surface area contributed by atoms with Crippen molar-refractivity contribution in [3.8, 4) is 11.3 Å². The van der Waals surface area contributed by atoms with Gasteiger partial charge in [0.15, 0.2) is 5.82 Å². The zero-order chi connectivity index (χ0) is 23.5. The summed E-state index contributed by atoms with van der Waals surface area (Å²) in [6.07, 6.45) is 3.86. The largest absolute Gasteiger partial charge is 0.376 e. The number of rotatable bonds is 6. The molecule has 2 aromatic heterocycles. The third-order valence-electron chi connectivity index (χ3n) is 6.47. The second-order valence-electron chi connectivity index (χ2n) is 9.14. The average molecular weight is 462 g/mol. The molecule has 0 spiro atoms. The van der Waals surface area contributed by atoms with Crippen LogP contribution >= 0.6 is 0 Å². The molecule has 1 amide bonds. The molecule has 1 aromatic carbocycles. The number of ether oxygens (including phenoxy) is 1. The minimum absolute atomic E-state index is 0.247. The number of pyridine rings is 1. The maximum absolute atomic E-state index is 12.3. The maximum atomic E-state index is 12.3. The van der Waals surface area contributed by atoms with E-state index in [1.54, 1.807) is 6.07 Å². The van der Waals surface area contributed by atoms with Crippen LogP contribution in [0.4, 0.5) is 5.82 Å². The van der Waals surface area contributed by atoms with Crippen LogP contribution < -0.4 is 16.4 Å². The highest BCUT2D eigenvalue weighted by molar-refractivity contribution is 6.06. The number of carbonyl (C=O) groups is 1. The van der Waals surface area contributed by atoms with E-state index in [0.717, 1.165) is 57.7 Å². The number of benzene rings is 1. The molecule has 0 radical (unpaired) electrons. The monoisotopic (exact) mass is 461 g/mol. The molecule has 0 aliphatic carbocycles. The Labute approximate surface area is 199 Å². The van der Waals surface area contributed by atoms with Gasteiger partial charge in [0.2, 0.25) is 0 Å². The third kappa shape index (κ3) is 5.01. The molecule has 2 aliphatic rings. The van der Waals surface area contributed by atoms with E-state index < -0.39 is 5.91 Å². The molecule has 2 fully saturated rings. The average Bonchev–Trinajstić information content (AvgIpc) is 2.85. The van der Waals surface area contributed by atoms with E-state index in [4.69, 9.17) is 15.5 Å². The van der Waals surface area contributed by atoms with Gasteiger partial charge in [-0.15, -0.1) is 0 Å². The van der Waals surface area contributed by atoms with Crippen LogP contribution in [-0.2, 0) is 11.3 Å². The molecule has 9 nitrogen and oxygen atoms in total. The molecule has 9 heteroatoms. The fourth-order valence-corrected chi connectivity index (χ4v) is 4.72. The van der Waals surface area contributed by atoms with Gasteiger partial charge in [0.25, 0.3) is 5.91 Å². The number of nitrogens with two attached hydrogens (primary N) is 1. The number of anilines is 1. The van der Waals surface area contributed by atoms with E-state index in [9.17, 15) is 4.79 Å². The zero-order valence-electron chi connectivity index (χ0n) is 19.5. The Bertz CT molecular complexity index is 1160. The molecular weight excluding hydrogens is 430 g/mol. The van der Waals surface area contributed by atoms with E-state index >= 15 is 0 Å². The van der Waals surface area contributed by atoms with Gasteiger partial charge in [-0.2, -0.15) is 0 Å². The van der Waals surface area contributed by atoms with Crippen molar-refractivity contribution < 1.29 is 9.53 Å². The Morgan fingerprint density at radius 3 is 2.85 bits per heavy atom. The Morgan fingerprint density at radius 1 is 1.26 bits per heavy atom. The van der Waals surface area contributed by atoms with E-state index in [2.05, 4.69) is 44.6 Å². The fourth-order valence-electron chi connectivity index (χ4n) is 4.72. The van der Waals surface area contributed by atoms with E-state index in [-0.39, 0.29) is 12.1 Å². The molecular formula is C25H31N7O2. The Morgan fingerprint density at radius 2 is 2.12 bits per heavy atom. The summed E-state index contributed by atoms with van der Waals surface area (Å²) in [4.78, 5) is 28.3. The molecule has 2 aliphatic heterocycles. The lowest BCUT2D eigenvalue weighted by Gasteiger charge is -2.31. The van der Waals surface area contributed by atoms with Crippen molar-refractivity contribution >= 4 is 22.8 Å². The van der Waals surface area contributed by atoms with Crippen molar-refractivity contribution in [3.05, 3.63) is 47.8 Å². The summed E-state index contributed by atoms with van der Waals surface area (Å²) in [5.41, 5.74) is 9.92.